The Morgan fingerprint density at radius 2 is 1.87 bits per heavy atom. The molecule has 1 aromatic heterocycles. The number of aliphatic hydroxyl groups excluding tert-OH is 1. The van der Waals surface area contributed by atoms with E-state index in [0.29, 0.717) is 29.8 Å². The summed E-state index contributed by atoms with van der Waals surface area (Å²) in [6.07, 6.45) is 2.39. The van der Waals surface area contributed by atoms with E-state index >= 15 is 0 Å². The molecule has 168 valence electrons. The van der Waals surface area contributed by atoms with E-state index in [-0.39, 0.29) is 25.2 Å². The van der Waals surface area contributed by atoms with Gasteiger partial charge in [0, 0.05) is 6.61 Å². The second kappa shape index (κ2) is 15.2. The molecule has 0 bridgehead atoms. The van der Waals surface area contributed by atoms with E-state index in [4.69, 9.17) is 9.47 Å². The number of nitrogens with zero attached hydrogens (tertiary/aromatic N) is 3. The molecule has 2 aromatic rings. The van der Waals surface area contributed by atoms with Crippen molar-refractivity contribution in [2.75, 3.05) is 13.2 Å². The van der Waals surface area contributed by atoms with Crippen molar-refractivity contribution in [3.8, 4) is 0 Å². The van der Waals surface area contributed by atoms with E-state index in [9.17, 15) is 5.11 Å². The Bertz CT molecular complexity index is 716. The zero-order valence-electron chi connectivity index (χ0n) is 19.5. The van der Waals surface area contributed by atoms with E-state index in [1.54, 1.807) is 4.68 Å². The molecule has 8 heteroatoms. The van der Waals surface area contributed by atoms with Gasteiger partial charge in [-0.1, -0.05) is 58.0 Å². The Labute approximate surface area is 207 Å². The number of aliphatic hydroxyl groups is 1. The molecular weight excluding hydrogens is 453 g/mol. The molecule has 0 aliphatic carbocycles. The summed E-state index contributed by atoms with van der Waals surface area (Å²) in [5.41, 5.74) is 1.59. The predicted octanol–water partition coefficient (Wildman–Crippen LogP) is 2.45. The summed E-state index contributed by atoms with van der Waals surface area (Å²) < 4.78 is 13.8. The first-order chi connectivity index (χ1) is 14.4. The van der Waals surface area contributed by atoms with Crippen LogP contribution in [-0.4, -0.2) is 46.5 Å². The van der Waals surface area contributed by atoms with E-state index < -0.39 is 6.10 Å². The molecule has 2 heterocycles. The zero-order valence-corrected chi connectivity index (χ0v) is 21.1. The van der Waals surface area contributed by atoms with Gasteiger partial charge in [-0.15, -0.1) is 12.1 Å². The summed E-state index contributed by atoms with van der Waals surface area (Å²) in [4.78, 5) is 0. The van der Waals surface area contributed by atoms with E-state index in [2.05, 4.69) is 54.0 Å². The Balaban J connectivity index is 0.000000523. The predicted molar refractivity (Wildman–Crippen MR) is 124 cm³/mol. The number of rotatable bonds is 8. The third-order valence-electron chi connectivity index (χ3n) is 4.52. The number of ether oxygens (including phenoxy) is 2. The van der Waals surface area contributed by atoms with Crippen molar-refractivity contribution in [2.24, 2.45) is 0 Å². The molecule has 31 heavy (non-hydrogen) atoms. The smallest absolute Gasteiger partial charge is 0.658 e. The summed E-state index contributed by atoms with van der Waals surface area (Å²) in [5, 5.41) is 19.3. The third kappa shape index (κ3) is 10.7. The fourth-order valence-electron chi connectivity index (χ4n) is 3.31. The molecule has 1 aromatic carbocycles. The standard InChI is InChI=1S/C17H21BrN2O3.C6H14N.Li/c18-15-12-14(17(21)13-6-2-1-3-7-13)20(19-15)9-11-23-16-8-4-5-10-22-16;1-5(2)7-6(3)4;/h1-3,6-7,12,16-17,21H,4-5,8-11H2;5-6H,1-4H3;/q;-1;+1. The van der Waals surface area contributed by atoms with Gasteiger partial charge in [0.15, 0.2) is 6.29 Å². The minimum atomic E-state index is -0.707. The molecule has 2 unspecified atom stereocenters. The first kappa shape index (κ1) is 28.4. The van der Waals surface area contributed by atoms with Crippen LogP contribution in [0.4, 0.5) is 0 Å². The van der Waals surface area contributed by atoms with Gasteiger partial charge >= 0.3 is 18.9 Å². The summed E-state index contributed by atoms with van der Waals surface area (Å²) in [6, 6.07) is 12.4. The van der Waals surface area contributed by atoms with Crippen LogP contribution >= 0.6 is 15.9 Å². The average Bonchev–Trinajstić information content (AvgIpc) is 3.09. The van der Waals surface area contributed by atoms with Gasteiger partial charge in [-0.2, -0.15) is 5.10 Å². The van der Waals surface area contributed by atoms with Crippen molar-refractivity contribution < 1.29 is 33.4 Å². The van der Waals surface area contributed by atoms with Crippen molar-refractivity contribution in [2.45, 2.75) is 78.0 Å². The molecule has 1 aliphatic rings. The van der Waals surface area contributed by atoms with Crippen molar-refractivity contribution >= 4 is 15.9 Å². The number of hydrogen-bond acceptors (Lipinski definition) is 4. The third-order valence-corrected chi connectivity index (χ3v) is 4.91. The van der Waals surface area contributed by atoms with Crippen LogP contribution in [-0.2, 0) is 16.0 Å². The summed E-state index contributed by atoms with van der Waals surface area (Å²) >= 11 is 3.38. The van der Waals surface area contributed by atoms with E-state index in [1.807, 2.05) is 36.4 Å². The molecule has 1 aliphatic heterocycles. The Morgan fingerprint density at radius 3 is 2.42 bits per heavy atom. The van der Waals surface area contributed by atoms with Gasteiger partial charge in [-0.05, 0) is 46.8 Å². The quantitative estimate of drug-likeness (QED) is 0.580. The fourth-order valence-corrected chi connectivity index (χ4v) is 3.74. The van der Waals surface area contributed by atoms with Crippen LogP contribution < -0.4 is 18.9 Å². The van der Waals surface area contributed by atoms with Crippen LogP contribution in [0.25, 0.3) is 5.32 Å². The Kier molecular flexibility index (Phi) is 13.9. The van der Waals surface area contributed by atoms with Gasteiger partial charge in [0.25, 0.3) is 0 Å². The molecule has 0 radical (unpaired) electrons. The molecule has 0 spiro atoms. The molecular formula is C23H35BrLiN3O3. The summed E-state index contributed by atoms with van der Waals surface area (Å²) in [6.45, 7) is 10.2. The van der Waals surface area contributed by atoms with Gasteiger partial charge in [0.1, 0.15) is 10.7 Å². The van der Waals surface area contributed by atoms with E-state index in [0.717, 1.165) is 37.1 Å². The number of hydrogen-bond donors (Lipinski definition) is 1. The van der Waals surface area contributed by atoms with Crippen molar-refractivity contribution in [1.82, 2.24) is 9.78 Å². The Hall–Kier alpha value is -0.653. The molecule has 1 saturated heterocycles. The summed E-state index contributed by atoms with van der Waals surface area (Å²) in [7, 11) is 0. The van der Waals surface area contributed by atoms with Gasteiger partial charge in [0.05, 0.1) is 18.8 Å². The molecule has 2 atom stereocenters. The second-order valence-corrected chi connectivity index (χ2v) is 8.74. The number of benzene rings is 1. The van der Waals surface area contributed by atoms with Gasteiger partial charge in [-0.25, -0.2) is 0 Å². The SMILES string of the molecule is CC(C)[N-]C(C)C.OC(c1ccccc1)c1cc(Br)nn1CCOC1CCCCO1.[Li+]. The zero-order chi connectivity index (χ0) is 21.9. The molecule has 1 N–H and O–H groups in total. The van der Waals surface area contributed by atoms with Crippen LogP contribution in [0.1, 0.15) is 64.3 Å². The maximum Gasteiger partial charge on any atom is 1.00 e. The molecule has 0 amide bonds. The first-order valence-electron chi connectivity index (χ1n) is 10.8. The maximum absolute atomic E-state index is 10.6. The van der Waals surface area contributed by atoms with Gasteiger partial charge in [-0.3, -0.25) is 4.68 Å². The molecule has 3 rings (SSSR count). The number of aromatic nitrogens is 2. The molecule has 6 nitrogen and oxygen atoms in total. The largest absolute Gasteiger partial charge is 1.00 e. The topological polar surface area (TPSA) is 70.6 Å². The normalized spacial score (nSPS) is 17.1. The minimum absolute atomic E-state index is 0. The Morgan fingerprint density at radius 1 is 1.19 bits per heavy atom. The average molecular weight is 488 g/mol. The van der Waals surface area contributed by atoms with Crippen LogP contribution in [0.5, 0.6) is 0 Å². The second-order valence-electron chi connectivity index (χ2n) is 7.93. The van der Waals surface area contributed by atoms with Gasteiger partial charge in [0.2, 0.25) is 0 Å². The van der Waals surface area contributed by atoms with Crippen LogP contribution in [0.2, 0.25) is 0 Å². The van der Waals surface area contributed by atoms with Gasteiger partial charge < -0.3 is 19.9 Å². The van der Waals surface area contributed by atoms with Crippen molar-refractivity contribution in [3.05, 3.63) is 57.6 Å². The summed E-state index contributed by atoms with van der Waals surface area (Å²) in [5.74, 6) is 0. The van der Waals surface area contributed by atoms with Crippen LogP contribution in [0.15, 0.2) is 41.0 Å². The molecule has 0 saturated carbocycles. The fraction of sp³-hybridized carbons (Fsp3) is 0.609. The van der Waals surface area contributed by atoms with Crippen LogP contribution in [0, 0.1) is 0 Å². The molecule has 1 fully saturated rings. The minimum Gasteiger partial charge on any atom is -0.658 e. The monoisotopic (exact) mass is 487 g/mol. The maximum atomic E-state index is 10.6. The first-order valence-corrected chi connectivity index (χ1v) is 11.6. The van der Waals surface area contributed by atoms with E-state index in [1.165, 1.54) is 0 Å². The van der Waals surface area contributed by atoms with Crippen molar-refractivity contribution in [3.63, 3.8) is 0 Å². The number of halogens is 1. The van der Waals surface area contributed by atoms with Crippen molar-refractivity contribution in [1.29, 1.82) is 0 Å². The van der Waals surface area contributed by atoms with Crippen LogP contribution in [0.3, 0.4) is 0 Å².